The van der Waals surface area contributed by atoms with Gasteiger partial charge in [0.1, 0.15) is 28.6 Å². The van der Waals surface area contributed by atoms with Crippen LogP contribution in [0.3, 0.4) is 0 Å². The molecule has 0 saturated heterocycles. The van der Waals surface area contributed by atoms with Crippen molar-refractivity contribution in [2.45, 2.75) is 31.8 Å². The zero-order chi connectivity index (χ0) is 21.1. The lowest BCUT2D eigenvalue weighted by atomic mass is 9.88. The Morgan fingerprint density at radius 2 is 1.83 bits per heavy atom. The Morgan fingerprint density at radius 1 is 1.03 bits per heavy atom. The van der Waals surface area contributed by atoms with Gasteiger partial charge in [0.05, 0.1) is 12.2 Å². The summed E-state index contributed by atoms with van der Waals surface area (Å²) in [7, 11) is 3.19. The molecule has 0 spiro atoms. The highest BCUT2D eigenvalue weighted by Crippen LogP contribution is 2.44. The van der Waals surface area contributed by atoms with Crippen molar-refractivity contribution in [1.29, 1.82) is 0 Å². The molecule has 0 aliphatic carbocycles. The van der Waals surface area contributed by atoms with E-state index in [1.165, 1.54) is 0 Å². The monoisotopic (exact) mass is 412 g/mol. The Kier molecular flexibility index (Phi) is 5.88. The molecule has 30 heavy (non-hydrogen) atoms. The van der Waals surface area contributed by atoms with Crippen LogP contribution in [-0.2, 0) is 15.9 Å². The molecule has 0 N–H and O–H groups in total. The summed E-state index contributed by atoms with van der Waals surface area (Å²) in [5, 5.41) is 0. The normalized spacial score (nSPS) is 18.6. The molecule has 0 bridgehead atoms. The third-order valence-electron chi connectivity index (χ3n) is 5.26. The van der Waals surface area contributed by atoms with Gasteiger partial charge in [-0.2, -0.15) is 0 Å². The van der Waals surface area contributed by atoms with Crippen molar-refractivity contribution in [3.05, 3.63) is 53.1 Å². The number of benzene rings is 2. The molecule has 1 atom stereocenters. The van der Waals surface area contributed by atoms with Crippen molar-refractivity contribution < 1.29 is 28.4 Å². The van der Waals surface area contributed by atoms with E-state index in [9.17, 15) is 0 Å². The first kappa shape index (κ1) is 20.6. The van der Waals surface area contributed by atoms with E-state index in [0.717, 1.165) is 40.4 Å². The highest BCUT2D eigenvalue weighted by Gasteiger charge is 2.30. The fraction of sp³-hybridized carbons (Fsp3) is 0.417. The lowest BCUT2D eigenvalue weighted by Gasteiger charge is -2.32. The topological polar surface area (TPSA) is 55.4 Å². The second-order valence-electron chi connectivity index (χ2n) is 8.02. The molecule has 0 fully saturated rings. The molecule has 6 nitrogen and oxygen atoms in total. The van der Waals surface area contributed by atoms with E-state index in [4.69, 9.17) is 28.4 Å². The number of rotatable bonds is 7. The molecule has 2 aromatic carbocycles. The van der Waals surface area contributed by atoms with Gasteiger partial charge in [0, 0.05) is 31.8 Å². The van der Waals surface area contributed by atoms with Gasteiger partial charge in [-0.25, -0.2) is 0 Å². The highest BCUT2D eigenvalue weighted by atomic mass is 16.7. The average molecular weight is 412 g/mol. The van der Waals surface area contributed by atoms with Gasteiger partial charge in [0.15, 0.2) is 13.6 Å². The van der Waals surface area contributed by atoms with Crippen LogP contribution in [0.1, 0.15) is 36.5 Å². The molecule has 2 heterocycles. The molecule has 0 radical (unpaired) electrons. The predicted octanol–water partition coefficient (Wildman–Crippen LogP) is 4.55. The van der Waals surface area contributed by atoms with Crippen LogP contribution in [0, 0.1) is 0 Å². The van der Waals surface area contributed by atoms with Crippen LogP contribution in [0.2, 0.25) is 0 Å². The number of hydrogen-bond donors (Lipinski definition) is 0. The van der Waals surface area contributed by atoms with Gasteiger partial charge >= 0.3 is 0 Å². The Bertz CT molecular complexity index is 934. The van der Waals surface area contributed by atoms with Crippen LogP contribution in [0.25, 0.3) is 6.08 Å². The van der Waals surface area contributed by atoms with Crippen LogP contribution >= 0.6 is 0 Å². The third-order valence-corrected chi connectivity index (χ3v) is 5.26. The first-order valence-corrected chi connectivity index (χ1v) is 10.0. The van der Waals surface area contributed by atoms with Gasteiger partial charge in [-0.05, 0) is 50.1 Å². The van der Waals surface area contributed by atoms with E-state index in [1.54, 1.807) is 14.2 Å². The van der Waals surface area contributed by atoms with Crippen molar-refractivity contribution in [1.82, 2.24) is 0 Å². The lowest BCUT2D eigenvalue weighted by Crippen LogP contribution is -2.28. The highest BCUT2D eigenvalue weighted by molar-refractivity contribution is 5.69. The second-order valence-corrected chi connectivity index (χ2v) is 8.02. The second kappa shape index (κ2) is 8.58. The number of fused-ring (bicyclic) bond motifs is 3. The van der Waals surface area contributed by atoms with Gasteiger partial charge in [-0.15, -0.1) is 0 Å². The van der Waals surface area contributed by atoms with Crippen LogP contribution in [0.5, 0.6) is 23.0 Å². The van der Waals surface area contributed by atoms with Gasteiger partial charge in [-0.1, -0.05) is 12.1 Å². The molecule has 0 aromatic heterocycles. The van der Waals surface area contributed by atoms with Crippen LogP contribution in [-0.4, -0.2) is 40.0 Å². The molecule has 2 aliphatic heterocycles. The molecular weight excluding hydrogens is 384 g/mol. The minimum absolute atomic E-state index is 0.156. The smallest absolute Gasteiger partial charge is 0.188 e. The maximum Gasteiger partial charge on any atom is 0.188 e. The minimum atomic E-state index is -0.307. The molecule has 0 amide bonds. The van der Waals surface area contributed by atoms with Crippen molar-refractivity contribution in [2.24, 2.45) is 0 Å². The zero-order valence-electron chi connectivity index (χ0n) is 17.9. The maximum atomic E-state index is 6.24. The summed E-state index contributed by atoms with van der Waals surface area (Å²) in [6, 6.07) is 9.96. The van der Waals surface area contributed by atoms with Crippen molar-refractivity contribution in [3.8, 4) is 23.0 Å². The Hall–Kier alpha value is -2.70. The van der Waals surface area contributed by atoms with Crippen molar-refractivity contribution in [2.75, 3.05) is 34.4 Å². The Balaban J connectivity index is 1.60. The van der Waals surface area contributed by atoms with Crippen molar-refractivity contribution >= 4 is 6.08 Å². The SMILES string of the molecule is COCOc1ccc(C2COc3c(ccc4c3C=CC(C)(C)O4)C2)c(OCOC)c1. The summed E-state index contributed by atoms with van der Waals surface area (Å²) < 4.78 is 33.8. The molecule has 160 valence electrons. The van der Waals surface area contributed by atoms with Crippen LogP contribution in [0.15, 0.2) is 36.4 Å². The van der Waals surface area contributed by atoms with Gasteiger partial charge in [-0.3, -0.25) is 0 Å². The summed E-state index contributed by atoms with van der Waals surface area (Å²) in [5.74, 6) is 3.34. The van der Waals surface area contributed by atoms with Gasteiger partial charge in [0.25, 0.3) is 0 Å². The summed E-state index contributed by atoms with van der Waals surface area (Å²) in [6.07, 6.45) is 5.02. The van der Waals surface area contributed by atoms with E-state index in [2.05, 4.69) is 18.2 Å². The van der Waals surface area contributed by atoms with E-state index < -0.39 is 0 Å². The standard InChI is InChI=1S/C24H28O6/c1-24(2)10-9-20-21(30-24)8-5-16-11-17(13-27-23(16)20)19-7-6-18(28-14-25-3)12-22(19)29-15-26-4/h5-10,12,17H,11,13-15H2,1-4H3. The fourth-order valence-electron chi connectivity index (χ4n) is 3.83. The summed E-state index contributed by atoms with van der Waals surface area (Å²) >= 11 is 0. The quantitative estimate of drug-likeness (QED) is 0.622. The summed E-state index contributed by atoms with van der Waals surface area (Å²) in [5.41, 5.74) is 2.94. The third kappa shape index (κ3) is 4.25. The van der Waals surface area contributed by atoms with Crippen molar-refractivity contribution in [3.63, 3.8) is 0 Å². The average Bonchev–Trinajstić information content (AvgIpc) is 2.75. The molecular formula is C24H28O6. The van der Waals surface area contributed by atoms with E-state index in [-0.39, 0.29) is 25.1 Å². The largest absolute Gasteiger partial charge is 0.492 e. The number of hydrogen-bond acceptors (Lipinski definition) is 6. The summed E-state index contributed by atoms with van der Waals surface area (Å²) in [4.78, 5) is 0. The van der Waals surface area contributed by atoms with E-state index >= 15 is 0 Å². The van der Waals surface area contributed by atoms with Crippen LogP contribution in [0.4, 0.5) is 0 Å². The Morgan fingerprint density at radius 3 is 2.63 bits per heavy atom. The minimum Gasteiger partial charge on any atom is -0.492 e. The maximum absolute atomic E-state index is 6.24. The molecule has 6 heteroatoms. The lowest BCUT2D eigenvalue weighted by molar-refractivity contribution is 0.0452. The first-order chi connectivity index (χ1) is 14.5. The van der Waals surface area contributed by atoms with E-state index in [0.29, 0.717) is 12.4 Å². The first-order valence-electron chi connectivity index (χ1n) is 10.0. The number of ether oxygens (including phenoxy) is 6. The van der Waals surface area contributed by atoms with Gasteiger partial charge < -0.3 is 28.4 Å². The van der Waals surface area contributed by atoms with Gasteiger partial charge in [0.2, 0.25) is 0 Å². The Labute approximate surface area is 177 Å². The summed E-state index contributed by atoms with van der Waals surface area (Å²) in [6.45, 7) is 4.99. The van der Waals surface area contributed by atoms with E-state index in [1.807, 2.05) is 38.1 Å². The predicted molar refractivity (Wildman–Crippen MR) is 114 cm³/mol. The molecule has 2 aromatic rings. The molecule has 2 aliphatic rings. The number of methoxy groups -OCH3 is 2. The van der Waals surface area contributed by atoms with Crippen LogP contribution < -0.4 is 18.9 Å². The molecule has 4 rings (SSSR count). The molecule has 0 saturated carbocycles. The zero-order valence-corrected chi connectivity index (χ0v) is 17.9. The fourth-order valence-corrected chi connectivity index (χ4v) is 3.83. The molecule has 1 unspecified atom stereocenters.